The van der Waals surface area contributed by atoms with Crippen LogP contribution in [0, 0.1) is 13.8 Å². The van der Waals surface area contributed by atoms with Gasteiger partial charge in [0.1, 0.15) is 17.3 Å². The van der Waals surface area contributed by atoms with Crippen LogP contribution in [0.15, 0.2) is 91.1 Å². The molecule has 202 valence electrons. The number of nitrogens with zero attached hydrogens (tertiary/aromatic N) is 4. The van der Waals surface area contributed by atoms with Gasteiger partial charge in [-0.25, -0.2) is 9.48 Å². The number of aryl methyl sites for hydroxylation is 2. The fourth-order valence-electron chi connectivity index (χ4n) is 5.39. The fraction of sp³-hybridized carbons (Fsp3) is 0.188. The van der Waals surface area contributed by atoms with Crippen molar-refractivity contribution < 1.29 is 14.3 Å². The monoisotopic (exact) mass is 533 g/mol. The summed E-state index contributed by atoms with van der Waals surface area (Å²) in [5.41, 5.74) is 6.35. The first-order valence-corrected chi connectivity index (χ1v) is 13.2. The van der Waals surface area contributed by atoms with Gasteiger partial charge >= 0.3 is 6.03 Å². The normalized spacial score (nSPS) is 14.2. The Bertz CT molecular complexity index is 1670. The minimum Gasteiger partial charge on any atom is -0.497 e. The van der Waals surface area contributed by atoms with E-state index in [1.165, 1.54) is 0 Å². The fourth-order valence-corrected chi connectivity index (χ4v) is 5.39. The van der Waals surface area contributed by atoms with Crippen LogP contribution in [0.4, 0.5) is 10.5 Å². The quantitative estimate of drug-likeness (QED) is 0.282. The summed E-state index contributed by atoms with van der Waals surface area (Å²) >= 11 is 0. The number of hydrogen-bond acceptors (Lipinski definition) is 4. The zero-order valence-electron chi connectivity index (χ0n) is 23.0. The molecule has 2 aromatic heterocycles. The molecule has 1 N–H and O–H groups in total. The summed E-state index contributed by atoms with van der Waals surface area (Å²) in [5, 5.41) is 8.06. The summed E-state index contributed by atoms with van der Waals surface area (Å²) in [6.07, 6.45) is 2.04. The Morgan fingerprint density at radius 1 is 0.925 bits per heavy atom. The first-order chi connectivity index (χ1) is 19.5. The Balaban J connectivity index is 1.53. The van der Waals surface area contributed by atoms with Crippen molar-refractivity contribution in [1.82, 2.24) is 19.2 Å². The second-order valence-electron chi connectivity index (χ2n) is 9.88. The van der Waals surface area contributed by atoms with Crippen molar-refractivity contribution in [1.29, 1.82) is 0 Å². The van der Waals surface area contributed by atoms with Gasteiger partial charge in [0, 0.05) is 11.8 Å². The molecular formula is C32H31N5O3. The van der Waals surface area contributed by atoms with Gasteiger partial charge in [0.15, 0.2) is 0 Å². The summed E-state index contributed by atoms with van der Waals surface area (Å²) in [7, 11) is 3.25. The number of hydrogen-bond donors (Lipinski definition) is 1. The van der Waals surface area contributed by atoms with Crippen LogP contribution in [0.5, 0.6) is 11.5 Å². The van der Waals surface area contributed by atoms with Gasteiger partial charge in [-0.1, -0.05) is 36.4 Å². The molecule has 1 aliphatic rings. The lowest BCUT2D eigenvalue weighted by Gasteiger charge is -2.31. The van der Waals surface area contributed by atoms with Gasteiger partial charge in [0.05, 0.1) is 49.6 Å². The lowest BCUT2D eigenvalue weighted by Crippen LogP contribution is -2.38. The largest absolute Gasteiger partial charge is 0.497 e. The number of carbonyl (C=O) groups is 1. The molecule has 5 aromatic rings. The molecule has 3 aromatic carbocycles. The Hall–Kier alpha value is -4.98. The maximum atomic E-state index is 14.2. The number of methoxy groups -OCH3 is 2. The molecule has 0 radical (unpaired) electrons. The molecule has 0 aliphatic carbocycles. The topological polar surface area (TPSA) is 73.5 Å². The molecule has 0 bridgehead atoms. The lowest BCUT2D eigenvalue weighted by molar-refractivity contribution is 0.194. The van der Waals surface area contributed by atoms with Gasteiger partial charge in [-0.15, -0.1) is 0 Å². The third kappa shape index (κ3) is 4.37. The molecule has 3 heterocycles. The third-order valence-corrected chi connectivity index (χ3v) is 7.38. The van der Waals surface area contributed by atoms with Crippen molar-refractivity contribution in [2.45, 2.75) is 26.4 Å². The zero-order valence-corrected chi connectivity index (χ0v) is 23.0. The Morgan fingerprint density at radius 2 is 1.70 bits per heavy atom. The molecule has 0 fully saturated rings. The smallest absolute Gasteiger partial charge is 0.323 e. The summed E-state index contributed by atoms with van der Waals surface area (Å²) in [4.78, 5) is 16.1. The van der Waals surface area contributed by atoms with E-state index in [0.717, 1.165) is 45.3 Å². The van der Waals surface area contributed by atoms with Crippen molar-refractivity contribution in [3.8, 4) is 23.0 Å². The van der Waals surface area contributed by atoms with Crippen LogP contribution in [0.1, 0.15) is 34.1 Å². The summed E-state index contributed by atoms with van der Waals surface area (Å²) in [6, 6.07) is 27.2. The lowest BCUT2D eigenvalue weighted by atomic mass is 10.0. The molecule has 8 nitrogen and oxygen atoms in total. The molecule has 2 amide bonds. The maximum absolute atomic E-state index is 14.2. The van der Waals surface area contributed by atoms with Crippen molar-refractivity contribution in [2.75, 3.05) is 19.5 Å². The van der Waals surface area contributed by atoms with Crippen LogP contribution < -0.4 is 14.8 Å². The van der Waals surface area contributed by atoms with Crippen LogP contribution in [0.3, 0.4) is 0 Å². The van der Waals surface area contributed by atoms with Gasteiger partial charge < -0.3 is 24.3 Å². The van der Waals surface area contributed by atoms with E-state index < -0.39 is 0 Å². The van der Waals surface area contributed by atoms with E-state index in [-0.39, 0.29) is 12.1 Å². The molecule has 0 unspecified atom stereocenters. The summed E-state index contributed by atoms with van der Waals surface area (Å²) in [5.74, 6) is 2.28. The van der Waals surface area contributed by atoms with Gasteiger partial charge in [-0.2, -0.15) is 5.10 Å². The second-order valence-corrected chi connectivity index (χ2v) is 9.88. The average Bonchev–Trinajstić information content (AvgIpc) is 3.54. The Morgan fingerprint density at radius 3 is 2.42 bits per heavy atom. The molecule has 8 heteroatoms. The first-order valence-electron chi connectivity index (χ1n) is 13.2. The summed E-state index contributed by atoms with van der Waals surface area (Å²) in [6.45, 7) is 4.34. The number of nitrogens with one attached hydrogen (secondary N) is 1. The minimum atomic E-state index is -0.382. The zero-order chi connectivity index (χ0) is 27.8. The van der Waals surface area contributed by atoms with Crippen LogP contribution >= 0.6 is 0 Å². The van der Waals surface area contributed by atoms with Crippen molar-refractivity contribution in [3.05, 3.63) is 119 Å². The number of rotatable bonds is 5. The number of amides is 2. The highest BCUT2D eigenvalue weighted by Gasteiger charge is 2.36. The van der Waals surface area contributed by atoms with Crippen LogP contribution in [0.2, 0.25) is 0 Å². The molecule has 6 rings (SSSR count). The van der Waals surface area contributed by atoms with Crippen molar-refractivity contribution >= 4 is 11.7 Å². The number of benzene rings is 3. The molecule has 0 spiro atoms. The van der Waals surface area contributed by atoms with E-state index in [9.17, 15) is 4.79 Å². The Labute approximate surface area is 233 Å². The molecule has 1 aliphatic heterocycles. The van der Waals surface area contributed by atoms with Gasteiger partial charge in [0.2, 0.25) is 0 Å². The number of anilines is 1. The molecular weight excluding hydrogens is 502 g/mol. The van der Waals surface area contributed by atoms with E-state index in [2.05, 4.69) is 16.0 Å². The molecule has 1 atom stereocenters. The van der Waals surface area contributed by atoms with E-state index in [1.54, 1.807) is 14.2 Å². The highest BCUT2D eigenvalue weighted by molar-refractivity contribution is 5.92. The number of fused-ring (bicyclic) bond motifs is 3. The second kappa shape index (κ2) is 10.3. The van der Waals surface area contributed by atoms with Crippen LogP contribution in [-0.4, -0.2) is 39.5 Å². The predicted molar refractivity (Wildman–Crippen MR) is 155 cm³/mol. The molecule has 0 saturated heterocycles. The van der Waals surface area contributed by atoms with Gasteiger partial charge in [-0.05, 0) is 73.5 Å². The third-order valence-electron chi connectivity index (χ3n) is 7.38. The van der Waals surface area contributed by atoms with Crippen LogP contribution in [0.25, 0.3) is 11.5 Å². The average molecular weight is 534 g/mol. The number of para-hydroxylation sites is 1. The minimum absolute atomic E-state index is 0.239. The number of aromatic nitrogens is 3. The number of carbonyl (C=O) groups excluding carboxylic acids is 1. The van der Waals surface area contributed by atoms with Gasteiger partial charge in [-0.3, -0.25) is 0 Å². The van der Waals surface area contributed by atoms with E-state index in [4.69, 9.17) is 14.6 Å². The van der Waals surface area contributed by atoms with Gasteiger partial charge in [0.25, 0.3) is 0 Å². The number of urea groups is 1. The summed E-state index contributed by atoms with van der Waals surface area (Å²) < 4.78 is 15.1. The SMILES string of the molecule is COc1ccc([C@@H]2c3cccn3-c3c(c(C)nn3-c3ccccc3)CN2C(=O)Nc2cc(C)ccc2OC)cc1. The Kier molecular flexibility index (Phi) is 6.51. The predicted octanol–water partition coefficient (Wildman–Crippen LogP) is 6.43. The van der Waals surface area contributed by atoms with E-state index in [1.807, 2.05) is 108 Å². The van der Waals surface area contributed by atoms with Crippen LogP contribution in [-0.2, 0) is 6.54 Å². The van der Waals surface area contributed by atoms with Crippen molar-refractivity contribution in [2.24, 2.45) is 0 Å². The molecule has 40 heavy (non-hydrogen) atoms. The molecule has 0 saturated carbocycles. The van der Waals surface area contributed by atoms with E-state index in [0.29, 0.717) is 18.0 Å². The van der Waals surface area contributed by atoms with Crippen molar-refractivity contribution in [3.63, 3.8) is 0 Å². The van der Waals surface area contributed by atoms with E-state index >= 15 is 0 Å². The standard InChI is InChI=1S/C32H31N5O3/c1-21-12-17-29(40-4)27(19-21)33-32(38)36-20-26-22(2)34-37(24-9-6-5-7-10-24)31(26)35-18-8-11-28(35)30(36)23-13-15-25(39-3)16-14-23/h5-19,30H,20H2,1-4H3,(H,33,38)/t30-/m1/s1. The maximum Gasteiger partial charge on any atom is 0.323 e. The highest BCUT2D eigenvalue weighted by atomic mass is 16.5. The number of ether oxygens (including phenoxy) is 2. The highest BCUT2D eigenvalue weighted by Crippen LogP contribution is 2.39. The first kappa shape index (κ1) is 25.3.